The molecular weight excluding hydrogens is 779 g/mol. The molecule has 12 heteroatoms. The molecule has 0 bridgehead atoms. The van der Waals surface area contributed by atoms with E-state index in [1.165, 1.54) is 36.8 Å². The van der Waals surface area contributed by atoms with Crippen LogP contribution in [0.1, 0.15) is 100 Å². The zero-order valence-electron chi connectivity index (χ0n) is 37.7. The number of rotatable bonds is 14. The molecule has 2 saturated carbocycles. The van der Waals surface area contributed by atoms with E-state index in [0.29, 0.717) is 54.5 Å². The average molecular weight is 854 g/mol. The highest BCUT2D eigenvalue weighted by molar-refractivity contribution is 5.77. The van der Waals surface area contributed by atoms with Gasteiger partial charge in [-0.25, -0.2) is 0 Å². The fourth-order valence-electron chi connectivity index (χ4n) is 12.1. The van der Waals surface area contributed by atoms with Crippen LogP contribution in [0, 0.1) is 0 Å². The Morgan fingerprint density at radius 1 is 0.613 bits per heavy atom. The molecule has 2 aliphatic carbocycles. The van der Waals surface area contributed by atoms with Crippen LogP contribution in [0.2, 0.25) is 0 Å². The van der Waals surface area contributed by atoms with Crippen LogP contribution in [0.5, 0.6) is 0 Å². The van der Waals surface area contributed by atoms with Gasteiger partial charge in [0, 0.05) is 147 Å². The average Bonchev–Trinajstić information content (AvgIpc) is 4.22. The van der Waals surface area contributed by atoms with Crippen LogP contribution >= 0.6 is 0 Å². The van der Waals surface area contributed by atoms with Crippen molar-refractivity contribution in [1.29, 1.82) is 0 Å². The second kappa shape index (κ2) is 19.7. The van der Waals surface area contributed by atoms with Crippen LogP contribution in [0.25, 0.3) is 0 Å². The Labute approximate surface area is 371 Å². The number of hydrogen-bond acceptors (Lipinski definition) is 10. The van der Waals surface area contributed by atoms with Crippen molar-refractivity contribution >= 4 is 11.9 Å². The number of piperidine rings is 2. The molecule has 6 saturated heterocycles. The summed E-state index contributed by atoms with van der Waals surface area (Å²) in [6.45, 7) is 11.5. The maximum absolute atomic E-state index is 12.7. The van der Waals surface area contributed by atoms with E-state index in [1.807, 2.05) is 14.1 Å². The Kier molecular flexibility index (Phi) is 14.0. The third-order valence-corrected chi connectivity index (χ3v) is 16.1. The third kappa shape index (κ3) is 10.4. The largest absolute Gasteiger partial charge is 0.481 e. The van der Waals surface area contributed by atoms with E-state index in [1.54, 1.807) is 4.90 Å². The SMILES string of the molecule is CN(C)C(=O)CC1(N2CCC(N[C@@H]3C[C@H]3c3ccccc3)CC2)CN(C2CCOCC2)C1.O=C(O)CC1(N2CCC(N[C@@H]3C[C@H]3c3ccccc3)CC2)CN(C2CCOCC2)C1. The summed E-state index contributed by atoms with van der Waals surface area (Å²) in [6, 6.07) is 25.4. The van der Waals surface area contributed by atoms with Crippen LogP contribution in [-0.2, 0) is 19.1 Å². The van der Waals surface area contributed by atoms with Gasteiger partial charge in [0.05, 0.1) is 17.5 Å². The molecule has 6 aliphatic heterocycles. The predicted molar refractivity (Wildman–Crippen MR) is 242 cm³/mol. The lowest BCUT2D eigenvalue weighted by Crippen LogP contribution is -2.74. The van der Waals surface area contributed by atoms with Gasteiger partial charge in [-0.05, 0) is 75.3 Å². The van der Waals surface area contributed by atoms with Gasteiger partial charge < -0.3 is 30.1 Å². The summed E-state index contributed by atoms with van der Waals surface area (Å²) < 4.78 is 11.1. The highest BCUT2D eigenvalue weighted by atomic mass is 16.5. The molecule has 3 N–H and O–H groups in total. The number of aliphatic carboxylic acids is 1. The van der Waals surface area contributed by atoms with Crippen molar-refractivity contribution in [2.24, 2.45) is 0 Å². The first-order chi connectivity index (χ1) is 30.2. The van der Waals surface area contributed by atoms with E-state index < -0.39 is 5.97 Å². The second-order valence-corrected chi connectivity index (χ2v) is 20.6. The number of carbonyl (C=O) groups excluding carboxylic acids is 1. The molecule has 8 aliphatic rings. The molecule has 1 amide bonds. The number of amides is 1. The predicted octanol–water partition coefficient (Wildman–Crippen LogP) is 4.61. The summed E-state index contributed by atoms with van der Waals surface area (Å²) in [7, 11) is 3.78. The van der Waals surface area contributed by atoms with Crippen molar-refractivity contribution in [3.8, 4) is 0 Å². The lowest BCUT2D eigenvalue weighted by Gasteiger charge is -2.59. The normalized spacial score (nSPS) is 30.0. The van der Waals surface area contributed by atoms with Gasteiger partial charge in [-0.2, -0.15) is 0 Å². The van der Waals surface area contributed by atoms with Gasteiger partial charge >= 0.3 is 5.97 Å². The number of carboxylic acids is 1. The number of benzene rings is 2. The van der Waals surface area contributed by atoms with Gasteiger partial charge in [-0.3, -0.25) is 29.2 Å². The van der Waals surface area contributed by atoms with Crippen LogP contribution < -0.4 is 10.6 Å². The maximum Gasteiger partial charge on any atom is 0.305 e. The van der Waals surface area contributed by atoms with Crippen LogP contribution in [0.4, 0.5) is 0 Å². The zero-order valence-corrected chi connectivity index (χ0v) is 37.7. The summed E-state index contributed by atoms with van der Waals surface area (Å²) in [5, 5.41) is 17.4. The Morgan fingerprint density at radius 2 is 1.00 bits per heavy atom. The number of nitrogens with zero attached hydrogens (tertiary/aromatic N) is 5. The van der Waals surface area contributed by atoms with Crippen molar-refractivity contribution < 1.29 is 24.2 Å². The molecule has 2 aromatic rings. The number of nitrogens with one attached hydrogen (secondary N) is 2. The highest BCUT2D eigenvalue weighted by Crippen LogP contribution is 2.44. The molecule has 0 radical (unpaired) electrons. The van der Waals surface area contributed by atoms with Gasteiger partial charge in [-0.1, -0.05) is 60.7 Å². The summed E-state index contributed by atoms with van der Waals surface area (Å²) in [5.74, 6) is 0.964. The van der Waals surface area contributed by atoms with Crippen molar-refractivity contribution in [1.82, 2.24) is 35.1 Å². The molecule has 10 rings (SSSR count). The maximum atomic E-state index is 12.7. The number of ether oxygens (including phenoxy) is 2. The molecule has 340 valence electrons. The van der Waals surface area contributed by atoms with Crippen LogP contribution in [0.3, 0.4) is 0 Å². The lowest BCUT2D eigenvalue weighted by atomic mass is 9.80. The molecular formula is C50H75N7O5. The molecule has 8 fully saturated rings. The van der Waals surface area contributed by atoms with Gasteiger partial charge in [0.2, 0.25) is 5.91 Å². The van der Waals surface area contributed by atoms with Crippen molar-refractivity contribution in [2.75, 3.05) is 92.9 Å². The van der Waals surface area contributed by atoms with E-state index in [2.05, 4.69) is 90.9 Å². The highest BCUT2D eigenvalue weighted by Gasteiger charge is 2.53. The molecule has 4 atom stereocenters. The minimum Gasteiger partial charge on any atom is -0.481 e. The number of likely N-dealkylation sites (tertiary alicyclic amines) is 4. The zero-order chi connectivity index (χ0) is 42.7. The van der Waals surface area contributed by atoms with Crippen LogP contribution in [-0.4, -0.2) is 182 Å². The standard InChI is InChI=1S/C26H40N4O2.C24H35N3O3/c1-28(2)25(31)17-26(18-29(19-26)22-10-14-32-15-11-22)30-12-8-21(9-13-30)27-24-16-23(24)20-6-4-3-5-7-20;28-23(29)15-24(16-26(17-24)20-8-12-30-13-9-20)27-10-6-19(7-11-27)25-22-14-21(22)18-4-2-1-3-5-18/h3-7,21-24,27H,8-19H2,1-2H3;1-5,19-22,25H,6-17H2,(H,28,29)/t23-,24+;21-,22+/m00/s1. The molecule has 12 nitrogen and oxygen atoms in total. The first-order valence-electron chi connectivity index (χ1n) is 24.3. The lowest BCUT2D eigenvalue weighted by molar-refractivity contribution is -0.151. The van der Waals surface area contributed by atoms with Crippen molar-refractivity contribution in [3.05, 3.63) is 71.8 Å². The second-order valence-electron chi connectivity index (χ2n) is 20.6. The first kappa shape index (κ1) is 44.3. The first-order valence-corrected chi connectivity index (χ1v) is 24.3. The molecule has 0 unspecified atom stereocenters. The fourth-order valence-corrected chi connectivity index (χ4v) is 12.1. The fraction of sp³-hybridized carbons (Fsp3) is 0.720. The monoisotopic (exact) mass is 854 g/mol. The Morgan fingerprint density at radius 3 is 1.37 bits per heavy atom. The van der Waals surface area contributed by atoms with Gasteiger partial charge in [0.15, 0.2) is 0 Å². The quantitative estimate of drug-likeness (QED) is 0.248. The molecule has 6 heterocycles. The minimum absolute atomic E-state index is 0.0246. The van der Waals surface area contributed by atoms with Gasteiger partial charge in [0.1, 0.15) is 0 Å². The molecule has 62 heavy (non-hydrogen) atoms. The van der Waals surface area contributed by atoms with E-state index in [9.17, 15) is 14.7 Å². The summed E-state index contributed by atoms with van der Waals surface area (Å²) in [5.41, 5.74) is 2.79. The van der Waals surface area contributed by atoms with E-state index in [-0.39, 0.29) is 23.4 Å². The summed E-state index contributed by atoms with van der Waals surface area (Å²) in [4.78, 5) is 36.4. The van der Waals surface area contributed by atoms with Gasteiger partial charge in [-0.15, -0.1) is 0 Å². The number of carbonyl (C=O) groups is 2. The summed E-state index contributed by atoms with van der Waals surface area (Å²) in [6.07, 6.45) is 12.5. The topological polar surface area (TPSA) is 113 Å². The molecule has 0 aromatic heterocycles. The Hall–Kier alpha value is -2.94. The smallest absolute Gasteiger partial charge is 0.305 e. The van der Waals surface area contributed by atoms with E-state index in [4.69, 9.17) is 9.47 Å². The van der Waals surface area contributed by atoms with Crippen LogP contribution in [0.15, 0.2) is 60.7 Å². The Bertz CT molecular complexity index is 1740. The molecule has 0 spiro atoms. The van der Waals surface area contributed by atoms with Crippen molar-refractivity contribution in [2.45, 2.75) is 136 Å². The van der Waals surface area contributed by atoms with Gasteiger partial charge in [0.25, 0.3) is 0 Å². The van der Waals surface area contributed by atoms with E-state index >= 15 is 0 Å². The minimum atomic E-state index is -0.662. The summed E-state index contributed by atoms with van der Waals surface area (Å²) >= 11 is 0. The number of carboxylic acid groups (broad SMARTS) is 1. The number of hydrogen-bond donors (Lipinski definition) is 3. The molecule has 2 aromatic carbocycles. The van der Waals surface area contributed by atoms with E-state index in [0.717, 1.165) is 117 Å². The van der Waals surface area contributed by atoms with Crippen molar-refractivity contribution in [3.63, 3.8) is 0 Å². The third-order valence-electron chi connectivity index (χ3n) is 16.1. The Balaban J connectivity index is 0.000000158.